The molecule has 28 heavy (non-hydrogen) atoms. The van der Waals surface area contributed by atoms with Crippen LogP contribution in [0.1, 0.15) is 32.6 Å². The van der Waals surface area contributed by atoms with Crippen LogP contribution in [0.5, 0.6) is 0 Å². The van der Waals surface area contributed by atoms with Crippen LogP contribution in [0.2, 0.25) is 0 Å². The molecule has 8 heteroatoms. The molecule has 0 aliphatic heterocycles. The van der Waals surface area contributed by atoms with Gasteiger partial charge in [-0.1, -0.05) is 48.5 Å². The molecule has 152 valence electrons. The summed E-state index contributed by atoms with van der Waals surface area (Å²) in [6, 6.07) is 10.2. The van der Waals surface area contributed by atoms with Gasteiger partial charge in [-0.05, 0) is 12.8 Å². The third-order valence-electron chi connectivity index (χ3n) is 3.52. The largest absolute Gasteiger partial charge is 0.365 e. The number of thioether (sulfide) groups is 1. The number of aldehydes is 1. The zero-order chi connectivity index (χ0) is 20.6. The summed E-state index contributed by atoms with van der Waals surface area (Å²) in [6.45, 7) is 2.06. The highest BCUT2D eigenvalue weighted by molar-refractivity contribution is 8.14. The van der Waals surface area contributed by atoms with Gasteiger partial charge in [-0.15, -0.1) is 11.3 Å². The minimum Gasteiger partial charge on any atom is -0.365 e. The van der Waals surface area contributed by atoms with Gasteiger partial charge in [0.2, 0.25) is 5.91 Å². The average molecular weight is 422 g/mol. The van der Waals surface area contributed by atoms with Crippen molar-refractivity contribution < 1.29 is 14.4 Å². The molecule has 2 N–H and O–H groups in total. The van der Waals surface area contributed by atoms with Crippen molar-refractivity contribution in [3.05, 3.63) is 35.7 Å². The molecule has 0 atom stereocenters. The maximum atomic E-state index is 11.1. The third-order valence-corrected chi connectivity index (χ3v) is 5.19. The van der Waals surface area contributed by atoms with Gasteiger partial charge < -0.3 is 15.4 Å². The quantitative estimate of drug-likeness (QED) is 0.445. The van der Waals surface area contributed by atoms with Crippen molar-refractivity contribution in [1.29, 1.82) is 0 Å². The predicted octanol–water partition coefficient (Wildman–Crippen LogP) is 3.99. The first-order valence-corrected chi connectivity index (χ1v) is 11.0. The summed E-state index contributed by atoms with van der Waals surface area (Å²) in [5.41, 5.74) is 2.20. The Balaban J connectivity index is 0.000000281. The van der Waals surface area contributed by atoms with Gasteiger partial charge in [-0.3, -0.25) is 9.59 Å². The Bertz CT molecular complexity index is 720. The number of thiazole rings is 1. The van der Waals surface area contributed by atoms with Crippen LogP contribution in [-0.4, -0.2) is 41.6 Å². The molecule has 2 aromatic rings. The van der Waals surface area contributed by atoms with E-state index in [0.717, 1.165) is 48.1 Å². The van der Waals surface area contributed by atoms with Crippen LogP contribution in [0.4, 0.5) is 5.13 Å². The molecule has 1 aromatic heterocycles. The molecule has 6 nitrogen and oxygen atoms in total. The molecule has 0 radical (unpaired) electrons. The summed E-state index contributed by atoms with van der Waals surface area (Å²) in [5, 5.41) is 8.71. The van der Waals surface area contributed by atoms with Crippen molar-refractivity contribution in [2.45, 2.75) is 32.6 Å². The fraction of sp³-hybridized carbons (Fsp3) is 0.400. The van der Waals surface area contributed by atoms with Crippen molar-refractivity contribution in [3.63, 3.8) is 0 Å². The second-order valence-electron chi connectivity index (χ2n) is 5.80. The summed E-state index contributed by atoms with van der Waals surface area (Å²) < 4.78 is 0. The molecular weight excluding hydrogens is 394 g/mol. The van der Waals surface area contributed by atoms with Crippen LogP contribution in [0, 0.1) is 0 Å². The van der Waals surface area contributed by atoms with E-state index in [0.29, 0.717) is 13.0 Å². The number of nitrogens with one attached hydrogen (secondary N) is 2. The lowest BCUT2D eigenvalue weighted by Gasteiger charge is -2.03. The number of benzene rings is 1. The molecule has 0 spiro atoms. The number of amides is 1. The maximum absolute atomic E-state index is 11.1. The number of carbonyl (C=O) groups excluding carboxylic acids is 3. The number of aromatic nitrogens is 1. The number of rotatable bonds is 10. The lowest BCUT2D eigenvalue weighted by molar-refractivity contribution is -0.119. The highest BCUT2D eigenvalue weighted by Crippen LogP contribution is 2.23. The van der Waals surface area contributed by atoms with Crippen LogP contribution < -0.4 is 10.6 Å². The van der Waals surface area contributed by atoms with Gasteiger partial charge in [0.1, 0.15) is 6.29 Å². The molecule has 0 bridgehead atoms. The zero-order valence-electron chi connectivity index (χ0n) is 16.3. The van der Waals surface area contributed by atoms with Crippen molar-refractivity contribution in [3.8, 4) is 11.3 Å². The first-order chi connectivity index (χ1) is 13.6. The van der Waals surface area contributed by atoms with Gasteiger partial charge in [0.05, 0.1) is 11.4 Å². The molecule has 0 fully saturated rings. The second kappa shape index (κ2) is 14.8. The lowest BCUT2D eigenvalue weighted by atomic mass is 10.2. The molecule has 0 aliphatic rings. The molecule has 1 amide bonds. The molecule has 0 saturated heterocycles. The topological polar surface area (TPSA) is 88.2 Å². The minimum atomic E-state index is -0.106. The predicted molar refractivity (Wildman–Crippen MR) is 118 cm³/mol. The highest BCUT2D eigenvalue weighted by atomic mass is 32.2. The number of hydrogen-bond acceptors (Lipinski definition) is 7. The summed E-state index contributed by atoms with van der Waals surface area (Å²) >= 11 is 2.64. The Morgan fingerprint density at radius 3 is 2.54 bits per heavy atom. The van der Waals surface area contributed by atoms with Gasteiger partial charge >= 0.3 is 0 Å². The molecule has 0 saturated carbocycles. The molecule has 1 aromatic carbocycles. The van der Waals surface area contributed by atoms with E-state index in [1.54, 1.807) is 11.3 Å². The van der Waals surface area contributed by atoms with Gasteiger partial charge in [0.15, 0.2) is 10.2 Å². The summed E-state index contributed by atoms with van der Waals surface area (Å²) in [7, 11) is 1.88. The fourth-order valence-electron chi connectivity index (χ4n) is 2.11. The Hall–Kier alpha value is -2.19. The van der Waals surface area contributed by atoms with E-state index >= 15 is 0 Å². The Labute approximate surface area is 174 Å². The van der Waals surface area contributed by atoms with E-state index < -0.39 is 0 Å². The van der Waals surface area contributed by atoms with E-state index in [9.17, 15) is 14.4 Å². The average Bonchev–Trinajstić information content (AvgIpc) is 3.19. The number of carbonyl (C=O) groups is 3. The maximum Gasteiger partial charge on any atom is 0.230 e. The summed E-state index contributed by atoms with van der Waals surface area (Å²) in [4.78, 5) is 36.0. The van der Waals surface area contributed by atoms with Crippen LogP contribution in [0.25, 0.3) is 11.3 Å². The lowest BCUT2D eigenvalue weighted by Crippen LogP contribution is -2.26. The zero-order valence-corrected chi connectivity index (χ0v) is 17.9. The van der Waals surface area contributed by atoms with Crippen molar-refractivity contribution in [1.82, 2.24) is 10.3 Å². The van der Waals surface area contributed by atoms with Crippen LogP contribution in [-0.2, 0) is 14.4 Å². The normalized spacial score (nSPS) is 9.79. The molecular formula is C20H27N3O3S2. The van der Waals surface area contributed by atoms with Gasteiger partial charge in [-0.2, -0.15) is 0 Å². The highest BCUT2D eigenvalue weighted by Gasteiger charge is 2.03. The number of unbranched alkanes of at least 4 members (excludes halogenated alkanes) is 3. The molecule has 2 rings (SSSR count). The number of nitrogens with zero attached hydrogens (tertiary/aromatic N) is 1. The van der Waals surface area contributed by atoms with Crippen LogP contribution in [0.3, 0.4) is 0 Å². The van der Waals surface area contributed by atoms with Crippen LogP contribution in [0.15, 0.2) is 35.7 Å². The van der Waals surface area contributed by atoms with E-state index in [2.05, 4.69) is 33.1 Å². The van der Waals surface area contributed by atoms with Crippen molar-refractivity contribution >= 4 is 45.5 Å². The van der Waals surface area contributed by atoms with Gasteiger partial charge in [-0.25, -0.2) is 4.98 Å². The fourth-order valence-corrected chi connectivity index (χ4v) is 3.22. The first kappa shape index (κ1) is 23.8. The standard InChI is InChI=1S/C10H10N2S.C10H17NO3S/c1-11-10-12-9(7-13-10)8-5-3-2-4-6-8;1-9(13)15-8-10(14)11-6-4-2-3-5-7-12/h2-7H,1H3,(H,11,12);7H,2-6,8H2,1H3,(H,11,14). The van der Waals surface area contributed by atoms with E-state index in [4.69, 9.17) is 0 Å². The Morgan fingerprint density at radius 1 is 1.18 bits per heavy atom. The molecule has 0 unspecified atom stereocenters. The summed E-state index contributed by atoms with van der Waals surface area (Å²) in [6.07, 6.45) is 4.20. The monoisotopic (exact) mass is 421 g/mol. The summed E-state index contributed by atoms with van der Waals surface area (Å²) in [5.74, 6) is 0.0921. The molecule has 1 heterocycles. The minimum absolute atomic E-state index is 0.0452. The third kappa shape index (κ3) is 10.8. The molecule has 0 aliphatic carbocycles. The van der Waals surface area contributed by atoms with Crippen molar-refractivity contribution in [2.24, 2.45) is 0 Å². The Morgan fingerprint density at radius 2 is 1.93 bits per heavy atom. The first-order valence-electron chi connectivity index (χ1n) is 9.09. The SMILES string of the molecule is CC(=O)SCC(=O)NCCCCCC=O.CNc1nc(-c2ccccc2)cs1. The van der Waals surface area contributed by atoms with E-state index in [1.807, 2.05) is 25.2 Å². The van der Waals surface area contributed by atoms with Crippen LogP contribution >= 0.6 is 23.1 Å². The number of hydrogen-bond donors (Lipinski definition) is 2. The Kier molecular flexibility index (Phi) is 12.6. The number of anilines is 1. The second-order valence-corrected chi connectivity index (χ2v) is 7.81. The van der Waals surface area contributed by atoms with Gasteiger partial charge in [0, 0.05) is 37.9 Å². The van der Waals surface area contributed by atoms with E-state index in [-0.39, 0.29) is 16.8 Å². The van der Waals surface area contributed by atoms with Gasteiger partial charge in [0.25, 0.3) is 0 Å². The smallest absolute Gasteiger partial charge is 0.230 e. The van der Waals surface area contributed by atoms with Crippen molar-refractivity contribution in [2.75, 3.05) is 24.7 Å². The van der Waals surface area contributed by atoms with E-state index in [1.165, 1.54) is 12.5 Å².